The highest BCUT2D eigenvalue weighted by Crippen LogP contribution is 2.15. The molecular formula is C14H24Si. The first-order chi connectivity index (χ1) is 7.17. The first-order valence-electron chi connectivity index (χ1n) is 6.22. The van der Waals surface area contributed by atoms with Crippen molar-refractivity contribution in [3.8, 4) is 0 Å². The summed E-state index contributed by atoms with van der Waals surface area (Å²) in [5, 5.41) is 1.61. The summed E-state index contributed by atoms with van der Waals surface area (Å²) >= 11 is 0. The maximum Gasteiger partial charge on any atom is 0.0806 e. The molecule has 0 N–H and O–H groups in total. The number of benzene rings is 1. The van der Waals surface area contributed by atoms with Crippen molar-refractivity contribution in [2.24, 2.45) is 0 Å². The molecule has 0 spiro atoms. The van der Waals surface area contributed by atoms with E-state index in [4.69, 9.17) is 0 Å². The summed E-state index contributed by atoms with van der Waals surface area (Å²) in [6, 6.07) is 12.5. The molecule has 0 aromatic heterocycles. The van der Waals surface area contributed by atoms with Crippen LogP contribution in [0.2, 0.25) is 19.1 Å². The van der Waals surface area contributed by atoms with E-state index >= 15 is 0 Å². The van der Waals surface area contributed by atoms with E-state index in [0.717, 1.165) is 0 Å². The third kappa shape index (κ3) is 4.21. The Labute approximate surface area is 95.7 Å². The van der Waals surface area contributed by atoms with Crippen LogP contribution in [0.1, 0.15) is 32.6 Å². The average molecular weight is 220 g/mol. The van der Waals surface area contributed by atoms with Gasteiger partial charge in [-0.1, -0.05) is 87.3 Å². The lowest BCUT2D eigenvalue weighted by atomic mass is 10.2. The van der Waals surface area contributed by atoms with Crippen LogP contribution in [-0.4, -0.2) is 8.07 Å². The lowest BCUT2D eigenvalue weighted by molar-refractivity contribution is 0.697. The minimum Gasteiger partial charge on any atom is -0.0654 e. The zero-order valence-corrected chi connectivity index (χ0v) is 11.4. The minimum absolute atomic E-state index is 1.13. The van der Waals surface area contributed by atoms with Crippen molar-refractivity contribution < 1.29 is 0 Å². The Balaban J connectivity index is 2.45. The topological polar surface area (TPSA) is 0 Å². The van der Waals surface area contributed by atoms with Gasteiger partial charge in [0.15, 0.2) is 0 Å². The highest BCUT2D eigenvalue weighted by molar-refractivity contribution is 6.89. The second kappa shape index (κ2) is 6.11. The van der Waals surface area contributed by atoms with Gasteiger partial charge in [0.1, 0.15) is 0 Å². The molecule has 0 aliphatic heterocycles. The molecule has 15 heavy (non-hydrogen) atoms. The maximum atomic E-state index is 2.49. The third-order valence-electron chi connectivity index (χ3n) is 3.21. The summed E-state index contributed by atoms with van der Waals surface area (Å²) in [4.78, 5) is 0. The Hall–Kier alpha value is -0.563. The second-order valence-corrected chi connectivity index (χ2v) is 9.91. The highest BCUT2D eigenvalue weighted by atomic mass is 28.3. The summed E-state index contributed by atoms with van der Waals surface area (Å²) in [5.74, 6) is 0. The SMILES string of the molecule is CCCCCC[Si](C)(C)c1ccccc1. The van der Waals surface area contributed by atoms with Gasteiger partial charge in [-0.25, -0.2) is 0 Å². The van der Waals surface area contributed by atoms with E-state index in [1.807, 2.05) is 0 Å². The molecule has 0 atom stereocenters. The fourth-order valence-corrected chi connectivity index (χ4v) is 4.54. The van der Waals surface area contributed by atoms with Gasteiger partial charge in [0.05, 0.1) is 8.07 Å². The van der Waals surface area contributed by atoms with Crippen LogP contribution in [-0.2, 0) is 0 Å². The Kier molecular flexibility index (Phi) is 5.10. The van der Waals surface area contributed by atoms with Crippen LogP contribution in [0.5, 0.6) is 0 Å². The van der Waals surface area contributed by atoms with Gasteiger partial charge < -0.3 is 0 Å². The van der Waals surface area contributed by atoms with Gasteiger partial charge in [0.25, 0.3) is 0 Å². The molecule has 0 unspecified atom stereocenters. The van der Waals surface area contributed by atoms with Crippen LogP contribution in [0.3, 0.4) is 0 Å². The van der Waals surface area contributed by atoms with Gasteiger partial charge in [-0.05, 0) is 0 Å². The molecule has 0 fully saturated rings. The number of unbranched alkanes of at least 4 members (excludes halogenated alkanes) is 3. The predicted molar refractivity (Wildman–Crippen MR) is 72.5 cm³/mol. The van der Waals surface area contributed by atoms with Crippen molar-refractivity contribution in [2.75, 3.05) is 0 Å². The van der Waals surface area contributed by atoms with E-state index in [-0.39, 0.29) is 0 Å². The van der Waals surface area contributed by atoms with Gasteiger partial charge in [-0.3, -0.25) is 0 Å². The molecule has 0 aliphatic rings. The molecule has 0 saturated heterocycles. The molecular weight excluding hydrogens is 196 g/mol. The summed E-state index contributed by atoms with van der Waals surface area (Å²) < 4.78 is 0. The summed E-state index contributed by atoms with van der Waals surface area (Å²) in [7, 11) is -1.13. The summed E-state index contributed by atoms with van der Waals surface area (Å²) in [6.07, 6.45) is 5.58. The normalized spacial score (nSPS) is 11.7. The van der Waals surface area contributed by atoms with Gasteiger partial charge >= 0.3 is 0 Å². The fraction of sp³-hybridized carbons (Fsp3) is 0.571. The number of hydrogen-bond donors (Lipinski definition) is 0. The van der Waals surface area contributed by atoms with E-state index in [0.29, 0.717) is 0 Å². The van der Waals surface area contributed by atoms with Crippen molar-refractivity contribution in [1.82, 2.24) is 0 Å². The summed E-state index contributed by atoms with van der Waals surface area (Å²) in [6.45, 7) is 7.27. The van der Waals surface area contributed by atoms with Crippen LogP contribution in [0.15, 0.2) is 30.3 Å². The molecule has 0 saturated carbocycles. The molecule has 84 valence electrons. The van der Waals surface area contributed by atoms with Crippen molar-refractivity contribution in [3.05, 3.63) is 30.3 Å². The van der Waals surface area contributed by atoms with E-state index in [1.54, 1.807) is 5.19 Å². The standard InChI is InChI=1S/C14H24Si/c1-4-5-6-10-13-15(2,3)14-11-8-7-9-12-14/h7-9,11-12H,4-6,10,13H2,1-3H3. The van der Waals surface area contributed by atoms with E-state index in [9.17, 15) is 0 Å². The lowest BCUT2D eigenvalue weighted by Crippen LogP contribution is -2.40. The highest BCUT2D eigenvalue weighted by Gasteiger charge is 2.21. The minimum atomic E-state index is -1.13. The van der Waals surface area contributed by atoms with Gasteiger partial charge in [-0.2, -0.15) is 0 Å². The zero-order valence-electron chi connectivity index (χ0n) is 10.4. The Bertz CT molecular complexity index is 264. The quantitative estimate of drug-likeness (QED) is 0.498. The van der Waals surface area contributed by atoms with Gasteiger partial charge in [0.2, 0.25) is 0 Å². The molecule has 0 nitrogen and oxygen atoms in total. The number of rotatable bonds is 6. The maximum absolute atomic E-state index is 2.49. The monoisotopic (exact) mass is 220 g/mol. The molecule has 1 aromatic carbocycles. The van der Waals surface area contributed by atoms with Crippen LogP contribution >= 0.6 is 0 Å². The molecule has 0 bridgehead atoms. The van der Waals surface area contributed by atoms with Crippen LogP contribution in [0.4, 0.5) is 0 Å². The van der Waals surface area contributed by atoms with Crippen LogP contribution in [0, 0.1) is 0 Å². The zero-order chi connectivity index (χ0) is 11.1. The van der Waals surface area contributed by atoms with E-state index < -0.39 is 8.07 Å². The molecule has 1 rings (SSSR count). The second-order valence-electron chi connectivity index (χ2n) is 5.06. The molecule has 0 heterocycles. The van der Waals surface area contributed by atoms with Gasteiger partial charge in [0, 0.05) is 0 Å². The van der Waals surface area contributed by atoms with Crippen LogP contribution < -0.4 is 5.19 Å². The lowest BCUT2D eigenvalue weighted by Gasteiger charge is -2.22. The molecule has 0 radical (unpaired) electrons. The Morgan fingerprint density at radius 3 is 2.20 bits per heavy atom. The Morgan fingerprint density at radius 1 is 0.933 bits per heavy atom. The van der Waals surface area contributed by atoms with Crippen molar-refractivity contribution in [3.63, 3.8) is 0 Å². The number of hydrogen-bond acceptors (Lipinski definition) is 0. The molecule has 0 amide bonds. The smallest absolute Gasteiger partial charge is 0.0654 e. The van der Waals surface area contributed by atoms with Crippen molar-refractivity contribution in [1.29, 1.82) is 0 Å². The first-order valence-corrected chi connectivity index (χ1v) is 9.43. The largest absolute Gasteiger partial charge is 0.0806 e. The molecule has 1 heteroatoms. The van der Waals surface area contributed by atoms with E-state index in [1.165, 1.54) is 31.7 Å². The first kappa shape index (κ1) is 12.5. The molecule has 1 aromatic rings. The third-order valence-corrected chi connectivity index (χ3v) is 6.71. The van der Waals surface area contributed by atoms with Crippen molar-refractivity contribution >= 4 is 13.3 Å². The summed E-state index contributed by atoms with van der Waals surface area (Å²) in [5.41, 5.74) is 0. The Morgan fingerprint density at radius 2 is 1.60 bits per heavy atom. The van der Waals surface area contributed by atoms with E-state index in [2.05, 4.69) is 50.3 Å². The average Bonchev–Trinajstić information content (AvgIpc) is 2.26. The molecule has 0 aliphatic carbocycles. The van der Waals surface area contributed by atoms with Gasteiger partial charge in [-0.15, -0.1) is 0 Å². The fourth-order valence-electron chi connectivity index (χ4n) is 2.03. The van der Waals surface area contributed by atoms with Crippen molar-refractivity contribution in [2.45, 2.75) is 51.7 Å². The predicted octanol–water partition coefficient (Wildman–Crippen LogP) is 4.18. The van der Waals surface area contributed by atoms with Crippen LogP contribution in [0.25, 0.3) is 0 Å².